The number of aryl methyl sites for hydroxylation is 1. The van der Waals surface area contributed by atoms with E-state index in [0.717, 1.165) is 10.3 Å². The molecule has 0 bridgehead atoms. The molecule has 15 heavy (non-hydrogen) atoms. The highest BCUT2D eigenvalue weighted by molar-refractivity contribution is 9.10. The Kier molecular flexibility index (Phi) is 3.54. The maximum absolute atomic E-state index is 11.5. The van der Waals surface area contributed by atoms with Crippen molar-refractivity contribution in [2.75, 3.05) is 0 Å². The number of carbonyl (C=O) groups is 1. The molecule has 0 atom stereocenters. The first kappa shape index (κ1) is 12.2. The molecule has 1 heterocycles. The van der Waals surface area contributed by atoms with E-state index >= 15 is 0 Å². The first-order valence-corrected chi connectivity index (χ1v) is 5.49. The fourth-order valence-electron chi connectivity index (χ4n) is 1.13. The highest BCUT2D eigenvalue weighted by Crippen LogP contribution is 2.11. The lowest BCUT2D eigenvalue weighted by molar-refractivity contribution is -0.155. The maximum atomic E-state index is 11.5. The van der Waals surface area contributed by atoms with Crippen LogP contribution >= 0.6 is 15.9 Å². The van der Waals surface area contributed by atoms with Crippen molar-refractivity contribution in [1.82, 2.24) is 9.78 Å². The Labute approximate surface area is 97.7 Å². The summed E-state index contributed by atoms with van der Waals surface area (Å²) in [7, 11) is 0. The second-order valence-corrected chi connectivity index (χ2v) is 5.17. The minimum atomic E-state index is -0.449. The molecule has 0 unspecified atom stereocenters. The first-order chi connectivity index (χ1) is 6.78. The van der Waals surface area contributed by atoms with Crippen LogP contribution in [0.15, 0.2) is 10.7 Å². The summed E-state index contributed by atoms with van der Waals surface area (Å²) in [6, 6.07) is 1.85. The van der Waals surface area contributed by atoms with E-state index in [4.69, 9.17) is 4.74 Å². The summed E-state index contributed by atoms with van der Waals surface area (Å²) in [4.78, 5) is 11.5. The van der Waals surface area contributed by atoms with Crippen molar-refractivity contribution in [2.45, 2.75) is 39.8 Å². The van der Waals surface area contributed by atoms with Crippen molar-refractivity contribution in [3.05, 3.63) is 16.4 Å². The number of halogens is 1. The normalized spacial score (nSPS) is 11.5. The van der Waals surface area contributed by atoms with Gasteiger partial charge in [0, 0.05) is 5.69 Å². The highest BCUT2D eigenvalue weighted by Gasteiger charge is 2.17. The van der Waals surface area contributed by atoms with Gasteiger partial charge in [-0.05, 0) is 49.7 Å². The molecule has 5 heteroatoms. The molecule has 0 aliphatic heterocycles. The molecule has 0 saturated heterocycles. The van der Waals surface area contributed by atoms with E-state index in [-0.39, 0.29) is 12.5 Å². The number of ether oxygens (including phenoxy) is 1. The molecule has 0 spiro atoms. The number of hydrogen-bond acceptors (Lipinski definition) is 3. The molecular formula is C10H15BrN2O2. The SMILES string of the molecule is Cc1cc(Br)nn1CC(=O)OC(C)(C)C. The number of aromatic nitrogens is 2. The molecule has 84 valence electrons. The zero-order valence-corrected chi connectivity index (χ0v) is 11.0. The van der Waals surface area contributed by atoms with Crippen LogP contribution in [0.1, 0.15) is 26.5 Å². The van der Waals surface area contributed by atoms with Gasteiger partial charge < -0.3 is 4.74 Å². The van der Waals surface area contributed by atoms with Crippen LogP contribution in [0.3, 0.4) is 0 Å². The van der Waals surface area contributed by atoms with E-state index in [1.54, 1.807) is 4.68 Å². The second kappa shape index (κ2) is 4.35. The Balaban J connectivity index is 2.63. The molecule has 1 aromatic heterocycles. The number of nitrogens with zero attached hydrogens (tertiary/aromatic N) is 2. The lowest BCUT2D eigenvalue weighted by Crippen LogP contribution is -2.27. The van der Waals surface area contributed by atoms with Crippen LogP contribution in [0, 0.1) is 6.92 Å². The third kappa shape index (κ3) is 4.03. The zero-order valence-electron chi connectivity index (χ0n) is 9.37. The van der Waals surface area contributed by atoms with Crippen LogP contribution in [0.25, 0.3) is 0 Å². The average molecular weight is 275 g/mol. The second-order valence-electron chi connectivity index (χ2n) is 4.35. The average Bonchev–Trinajstić information content (AvgIpc) is 2.25. The van der Waals surface area contributed by atoms with Crippen molar-refractivity contribution in [2.24, 2.45) is 0 Å². The summed E-state index contributed by atoms with van der Waals surface area (Å²) >= 11 is 3.25. The van der Waals surface area contributed by atoms with Crippen molar-refractivity contribution in [3.8, 4) is 0 Å². The zero-order chi connectivity index (χ0) is 11.6. The summed E-state index contributed by atoms with van der Waals surface area (Å²) in [6.45, 7) is 7.57. The predicted molar refractivity (Wildman–Crippen MR) is 60.5 cm³/mol. The fourth-order valence-corrected chi connectivity index (χ4v) is 1.65. The van der Waals surface area contributed by atoms with Gasteiger partial charge in [-0.15, -0.1) is 0 Å². The molecule has 0 aromatic carbocycles. The van der Waals surface area contributed by atoms with Crippen molar-refractivity contribution < 1.29 is 9.53 Å². The van der Waals surface area contributed by atoms with Crippen LogP contribution < -0.4 is 0 Å². The van der Waals surface area contributed by atoms with Crippen LogP contribution in [-0.4, -0.2) is 21.4 Å². The third-order valence-corrected chi connectivity index (χ3v) is 2.04. The molecule has 1 rings (SSSR count). The first-order valence-electron chi connectivity index (χ1n) is 4.70. The largest absolute Gasteiger partial charge is 0.459 e. The lowest BCUT2D eigenvalue weighted by Gasteiger charge is -2.19. The highest BCUT2D eigenvalue weighted by atomic mass is 79.9. The van der Waals surface area contributed by atoms with Crippen molar-refractivity contribution in [1.29, 1.82) is 0 Å². The summed E-state index contributed by atoms with van der Waals surface area (Å²) in [6.07, 6.45) is 0. The van der Waals surface area contributed by atoms with Gasteiger partial charge in [0.05, 0.1) is 0 Å². The van der Waals surface area contributed by atoms with Gasteiger partial charge >= 0.3 is 5.97 Å². The summed E-state index contributed by atoms with van der Waals surface area (Å²) in [5.41, 5.74) is 0.475. The number of rotatable bonds is 2. The van der Waals surface area contributed by atoms with E-state index in [2.05, 4.69) is 21.0 Å². The standard InChI is InChI=1S/C10H15BrN2O2/c1-7-5-8(11)12-13(7)6-9(14)15-10(2,3)4/h5H,6H2,1-4H3. The maximum Gasteiger partial charge on any atom is 0.328 e. The minimum Gasteiger partial charge on any atom is -0.459 e. The fraction of sp³-hybridized carbons (Fsp3) is 0.600. The monoisotopic (exact) mass is 274 g/mol. The van der Waals surface area contributed by atoms with Gasteiger partial charge in [-0.1, -0.05) is 0 Å². The molecule has 0 aliphatic carbocycles. The van der Waals surface area contributed by atoms with Crippen molar-refractivity contribution in [3.63, 3.8) is 0 Å². The van der Waals surface area contributed by atoms with Crippen molar-refractivity contribution >= 4 is 21.9 Å². The topological polar surface area (TPSA) is 44.1 Å². The Morgan fingerprint density at radius 2 is 2.20 bits per heavy atom. The number of esters is 1. The van der Waals surface area contributed by atoms with Gasteiger partial charge in [0.15, 0.2) is 0 Å². The summed E-state index contributed by atoms with van der Waals surface area (Å²) < 4.78 is 7.53. The van der Waals surface area contributed by atoms with E-state index in [9.17, 15) is 4.79 Å². The van der Waals surface area contributed by atoms with Gasteiger partial charge in [0.25, 0.3) is 0 Å². The smallest absolute Gasteiger partial charge is 0.328 e. The molecule has 0 amide bonds. The van der Waals surface area contributed by atoms with Gasteiger partial charge in [0.2, 0.25) is 0 Å². The Morgan fingerprint density at radius 3 is 2.60 bits per heavy atom. The molecule has 0 aliphatic rings. The molecule has 4 nitrogen and oxygen atoms in total. The Hall–Kier alpha value is -0.840. The minimum absolute atomic E-state index is 0.148. The lowest BCUT2D eigenvalue weighted by atomic mass is 10.2. The van der Waals surface area contributed by atoms with Crippen LogP contribution in [0.2, 0.25) is 0 Å². The van der Waals surface area contributed by atoms with Crippen LogP contribution in [-0.2, 0) is 16.1 Å². The quantitative estimate of drug-likeness (QED) is 0.778. The summed E-state index contributed by atoms with van der Waals surface area (Å²) in [5.74, 6) is -0.277. The molecule has 0 fully saturated rings. The molecule has 0 N–H and O–H groups in total. The van der Waals surface area contributed by atoms with Crippen LogP contribution in [0.5, 0.6) is 0 Å². The van der Waals surface area contributed by atoms with E-state index in [1.165, 1.54) is 0 Å². The Bertz CT molecular complexity index is 366. The Morgan fingerprint density at radius 1 is 1.60 bits per heavy atom. The van der Waals surface area contributed by atoms with Gasteiger partial charge in [-0.3, -0.25) is 9.48 Å². The molecule has 0 saturated carbocycles. The molecular weight excluding hydrogens is 260 g/mol. The van der Waals surface area contributed by atoms with Gasteiger partial charge in [0.1, 0.15) is 16.7 Å². The van der Waals surface area contributed by atoms with E-state index in [1.807, 2.05) is 33.8 Å². The predicted octanol–water partition coefficient (Wildman–Crippen LogP) is 2.30. The third-order valence-electron chi connectivity index (χ3n) is 1.65. The van der Waals surface area contributed by atoms with Gasteiger partial charge in [-0.25, -0.2) is 0 Å². The molecule has 0 radical (unpaired) electrons. The van der Waals surface area contributed by atoms with Crippen LogP contribution in [0.4, 0.5) is 0 Å². The number of hydrogen-bond donors (Lipinski definition) is 0. The molecule has 1 aromatic rings. The van der Waals surface area contributed by atoms with Gasteiger partial charge in [-0.2, -0.15) is 5.10 Å². The van der Waals surface area contributed by atoms with E-state index < -0.39 is 5.60 Å². The summed E-state index contributed by atoms with van der Waals surface area (Å²) in [5, 5.41) is 4.11. The number of carbonyl (C=O) groups excluding carboxylic acids is 1. The van der Waals surface area contributed by atoms with E-state index in [0.29, 0.717) is 0 Å².